The molecule has 1 aliphatic rings. The van der Waals surface area contributed by atoms with Crippen molar-refractivity contribution in [2.45, 2.75) is 52.1 Å². The molecule has 2 aromatic carbocycles. The van der Waals surface area contributed by atoms with Crippen molar-refractivity contribution >= 4 is 33.3 Å². The fourth-order valence-corrected chi connectivity index (χ4v) is 15.4. The monoisotopic (exact) mass is 502 g/mol. The van der Waals surface area contributed by atoms with Gasteiger partial charge < -0.3 is 0 Å². The summed E-state index contributed by atoms with van der Waals surface area (Å²) in [6.45, 7) is 10.6. The van der Waals surface area contributed by atoms with Crippen LogP contribution in [0.1, 0.15) is 46.5 Å². The van der Waals surface area contributed by atoms with Gasteiger partial charge in [0.1, 0.15) is 0 Å². The molecule has 0 amide bonds. The maximum absolute atomic E-state index is 11.7. The number of halogens is 1. The van der Waals surface area contributed by atoms with E-state index in [1.54, 1.807) is 0 Å². The van der Waals surface area contributed by atoms with E-state index in [0.29, 0.717) is 6.42 Å². The van der Waals surface area contributed by atoms with Gasteiger partial charge in [-0.3, -0.25) is 0 Å². The molecule has 3 heteroatoms. The first kappa shape index (κ1) is 21.7. The molecule has 1 N–H and O–H groups in total. The number of benzene rings is 2. The molecule has 0 spiro atoms. The Labute approximate surface area is 177 Å². The number of aliphatic hydroxyl groups is 1. The summed E-state index contributed by atoms with van der Waals surface area (Å²) in [6.07, 6.45) is 3.31. The van der Waals surface area contributed by atoms with E-state index < -0.39 is 22.9 Å². The Morgan fingerprint density at radius 2 is 1.57 bits per heavy atom. The van der Waals surface area contributed by atoms with Crippen LogP contribution in [0.25, 0.3) is 0 Å². The third kappa shape index (κ3) is 4.75. The van der Waals surface area contributed by atoms with E-state index in [1.165, 1.54) is 7.16 Å². The third-order valence-electron chi connectivity index (χ3n) is 5.79. The SMILES string of the molecule is C=C(C)CC1(O)CC(C)(C)CC/C1=[CH]\[Sn]([Cl])([c]1ccccc1)[c]1ccccc1. The van der Waals surface area contributed by atoms with E-state index in [2.05, 4.69) is 73.0 Å². The average Bonchev–Trinajstić information content (AvgIpc) is 2.64. The van der Waals surface area contributed by atoms with Crippen LogP contribution < -0.4 is 7.16 Å². The van der Waals surface area contributed by atoms with Crippen LogP contribution in [0.4, 0.5) is 0 Å². The van der Waals surface area contributed by atoms with Crippen LogP contribution in [0, 0.1) is 5.41 Å². The molecule has 0 bridgehead atoms. The second-order valence-electron chi connectivity index (χ2n) is 9.12. The van der Waals surface area contributed by atoms with E-state index in [0.717, 1.165) is 30.4 Å². The van der Waals surface area contributed by atoms with E-state index in [4.69, 9.17) is 8.92 Å². The molecule has 0 saturated heterocycles. The van der Waals surface area contributed by atoms with Crippen LogP contribution in [0.15, 0.2) is 82.5 Å². The van der Waals surface area contributed by atoms with Crippen LogP contribution in [0.5, 0.6) is 0 Å². The Morgan fingerprint density at radius 1 is 1.07 bits per heavy atom. The van der Waals surface area contributed by atoms with E-state index >= 15 is 0 Å². The number of hydrogen-bond donors (Lipinski definition) is 1. The van der Waals surface area contributed by atoms with Gasteiger partial charge in [0.15, 0.2) is 0 Å². The first-order chi connectivity index (χ1) is 13.1. The van der Waals surface area contributed by atoms with E-state index in [1.807, 2.05) is 19.1 Å². The molecule has 1 fully saturated rings. The topological polar surface area (TPSA) is 20.2 Å². The van der Waals surface area contributed by atoms with Crippen LogP contribution in [0.3, 0.4) is 0 Å². The molecule has 1 unspecified atom stereocenters. The molecule has 148 valence electrons. The van der Waals surface area contributed by atoms with Gasteiger partial charge in [0.2, 0.25) is 0 Å². The zero-order chi connectivity index (χ0) is 20.4. The molecule has 1 atom stereocenters. The van der Waals surface area contributed by atoms with Gasteiger partial charge >= 0.3 is 178 Å². The van der Waals surface area contributed by atoms with Gasteiger partial charge in [0, 0.05) is 0 Å². The van der Waals surface area contributed by atoms with Crippen molar-refractivity contribution in [3.63, 3.8) is 0 Å². The summed E-state index contributed by atoms with van der Waals surface area (Å²) in [4.78, 5) is 0. The molecule has 3 rings (SSSR count). The normalized spacial score (nSPS) is 23.5. The van der Waals surface area contributed by atoms with Crippen molar-refractivity contribution in [2.75, 3.05) is 0 Å². The molecule has 0 heterocycles. The minimum absolute atomic E-state index is 0.117. The average molecular weight is 502 g/mol. The Hall–Kier alpha value is -1.03. The summed E-state index contributed by atoms with van der Waals surface area (Å²) in [5.74, 6) is 0. The zero-order valence-corrected chi connectivity index (χ0v) is 20.8. The fourth-order valence-electron chi connectivity index (χ4n) is 4.52. The molecule has 28 heavy (non-hydrogen) atoms. The summed E-state index contributed by atoms with van der Waals surface area (Å²) in [5, 5.41) is 11.7. The fraction of sp³-hybridized carbons (Fsp3) is 0.360. The third-order valence-corrected chi connectivity index (χ3v) is 18.3. The molecule has 0 aliphatic heterocycles. The van der Waals surface area contributed by atoms with E-state index in [9.17, 15) is 5.11 Å². The van der Waals surface area contributed by atoms with Gasteiger partial charge in [-0.1, -0.05) is 0 Å². The van der Waals surface area contributed by atoms with Crippen molar-refractivity contribution in [1.29, 1.82) is 0 Å². The van der Waals surface area contributed by atoms with Gasteiger partial charge in [0.05, 0.1) is 0 Å². The Bertz CT molecular complexity index is 817. The summed E-state index contributed by atoms with van der Waals surface area (Å²) in [5.41, 5.74) is 1.40. The molecule has 0 radical (unpaired) electrons. The molecule has 1 nitrogen and oxygen atoms in total. The minimum atomic E-state index is -3.60. The standard InChI is InChI=1S/C13H21O.2C6H5.ClH.Sn/c1-10(2)8-13(14)9-12(4,5)7-6-11(13)3;2*1-2-4-6-5-3-1;;/h3,14H,1,6-9H2,2,4-5H3;2*1-5H;1H;/q;;;;+1/p-1. The zero-order valence-electron chi connectivity index (χ0n) is 17.2. The second-order valence-corrected chi connectivity index (χ2v) is 21.3. The Balaban J connectivity index is 2.15. The van der Waals surface area contributed by atoms with Gasteiger partial charge in [-0.05, 0) is 0 Å². The van der Waals surface area contributed by atoms with Crippen molar-refractivity contribution in [3.8, 4) is 0 Å². The van der Waals surface area contributed by atoms with Crippen molar-refractivity contribution in [2.24, 2.45) is 5.41 Å². The molecule has 1 saturated carbocycles. The number of rotatable bonds is 5. The van der Waals surface area contributed by atoms with Crippen molar-refractivity contribution in [1.82, 2.24) is 0 Å². The second kappa shape index (κ2) is 8.37. The van der Waals surface area contributed by atoms with Gasteiger partial charge in [0.25, 0.3) is 0 Å². The molecule has 0 aromatic heterocycles. The van der Waals surface area contributed by atoms with Crippen LogP contribution in [-0.2, 0) is 0 Å². The molecule has 2 aromatic rings. The van der Waals surface area contributed by atoms with Crippen LogP contribution >= 0.6 is 8.92 Å². The summed E-state index contributed by atoms with van der Waals surface area (Å²) in [7, 11) is 7.56. The first-order valence-electron chi connectivity index (χ1n) is 10.0. The molecular weight excluding hydrogens is 470 g/mol. The quantitative estimate of drug-likeness (QED) is 0.432. The predicted molar refractivity (Wildman–Crippen MR) is 124 cm³/mol. The van der Waals surface area contributed by atoms with Crippen molar-refractivity contribution in [3.05, 3.63) is 82.5 Å². The van der Waals surface area contributed by atoms with Gasteiger partial charge in [-0.25, -0.2) is 0 Å². The first-order valence-corrected chi connectivity index (χ1v) is 18.2. The maximum atomic E-state index is 11.7. The molecule has 1 aliphatic carbocycles. The molecular formula is C25H31ClOSn. The summed E-state index contributed by atoms with van der Waals surface area (Å²) < 4.78 is 4.76. The number of hydrogen-bond acceptors (Lipinski definition) is 1. The Morgan fingerprint density at radius 3 is 2.04 bits per heavy atom. The van der Waals surface area contributed by atoms with Crippen LogP contribution in [-0.4, -0.2) is 28.0 Å². The van der Waals surface area contributed by atoms with Crippen molar-refractivity contribution < 1.29 is 5.11 Å². The Kier molecular flexibility index (Phi) is 6.48. The van der Waals surface area contributed by atoms with Gasteiger partial charge in [-0.2, -0.15) is 0 Å². The van der Waals surface area contributed by atoms with E-state index in [-0.39, 0.29) is 5.41 Å². The van der Waals surface area contributed by atoms with Gasteiger partial charge in [-0.15, -0.1) is 0 Å². The van der Waals surface area contributed by atoms with Crippen LogP contribution in [0.2, 0.25) is 0 Å². The summed E-state index contributed by atoms with van der Waals surface area (Å²) >= 11 is -3.60. The predicted octanol–water partition coefficient (Wildman–Crippen LogP) is 5.36. The summed E-state index contributed by atoms with van der Waals surface area (Å²) in [6, 6.07) is 20.9.